The third-order valence-electron chi connectivity index (χ3n) is 2.94. The Morgan fingerprint density at radius 1 is 1.25 bits per heavy atom. The predicted octanol–water partition coefficient (Wildman–Crippen LogP) is 0.353. The zero-order valence-corrected chi connectivity index (χ0v) is 11.4. The SMILES string of the molecule is CCNCC(C)(C)CN1CCS(=O)(=O)CC1. The van der Waals surface area contributed by atoms with E-state index in [0.717, 1.165) is 19.6 Å². The molecule has 0 bridgehead atoms. The van der Waals surface area contributed by atoms with Crippen LogP contribution >= 0.6 is 0 Å². The van der Waals surface area contributed by atoms with E-state index in [9.17, 15) is 8.42 Å². The Balaban J connectivity index is 2.38. The molecule has 5 heteroatoms. The van der Waals surface area contributed by atoms with Gasteiger partial charge < -0.3 is 10.2 Å². The molecule has 1 heterocycles. The summed E-state index contributed by atoms with van der Waals surface area (Å²) in [6.45, 7) is 10.9. The minimum Gasteiger partial charge on any atom is -0.316 e. The third kappa shape index (κ3) is 4.80. The highest BCUT2D eigenvalue weighted by Crippen LogP contribution is 2.17. The van der Waals surface area contributed by atoms with Gasteiger partial charge in [-0.15, -0.1) is 0 Å². The summed E-state index contributed by atoms with van der Waals surface area (Å²) in [5, 5.41) is 3.35. The molecule has 0 saturated carbocycles. The van der Waals surface area contributed by atoms with E-state index in [1.54, 1.807) is 0 Å². The Morgan fingerprint density at radius 3 is 2.31 bits per heavy atom. The van der Waals surface area contributed by atoms with Crippen LogP contribution in [0.5, 0.6) is 0 Å². The fraction of sp³-hybridized carbons (Fsp3) is 1.00. The number of nitrogens with zero attached hydrogens (tertiary/aromatic N) is 1. The van der Waals surface area contributed by atoms with Gasteiger partial charge in [0.15, 0.2) is 9.84 Å². The van der Waals surface area contributed by atoms with Crippen LogP contribution < -0.4 is 5.32 Å². The molecule has 0 aromatic rings. The van der Waals surface area contributed by atoms with Crippen LogP contribution in [-0.2, 0) is 9.84 Å². The minimum absolute atomic E-state index is 0.205. The van der Waals surface area contributed by atoms with Crippen molar-refractivity contribution in [2.45, 2.75) is 20.8 Å². The van der Waals surface area contributed by atoms with E-state index in [1.807, 2.05) is 0 Å². The van der Waals surface area contributed by atoms with Gasteiger partial charge in [-0.3, -0.25) is 0 Å². The second-order valence-electron chi connectivity index (χ2n) is 5.37. The first kappa shape index (κ1) is 13.9. The second-order valence-corrected chi connectivity index (χ2v) is 7.68. The van der Waals surface area contributed by atoms with Crippen molar-refractivity contribution in [3.05, 3.63) is 0 Å². The molecule has 4 nitrogen and oxygen atoms in total. The maximum atomic E-state index is 11.3. The summed E-state index contributed by atoms with van der Waals surface area (Å²) in [4.78, 5) is 2.26. The topological polar surface area (TPSA) is 49.4 Å². The lowest BCUT2D eigenvalue weighted by Gasteiger charge is -2.34. The van der Waals surface area contributed by atoms with Crippen LogP contribution in [0.15, 0.2) is 0 Å². The summed E-state index contributed by atoms with van der Waals surface area (Å²) in [5.74, 6) is 0.647. The fourth-order valence-corrected chi connectivity index (χ4v) is 3.31. The highest BCUT2D eigenvalue weighted by atomic mass is 32.2. The molecule has 0 aromatic carbocycles. The molecule has 1 saturated heterocycles. The Bertz CT molecular complexity index is 298. The van der Waals surface area contributed by atoms with Gasteiger partial charge >= 0.3 is 0 Å². The molecule has 0 amide bonds. The lowest BCUT2D eigenvalue weighted by molar-refractivity contribution is 0.185. The minimum atomic E-state index is -2.75. The molecule has 0 aliphatic carbocycles. The molecule has 96 valence electrons. The molecule has 16 heavy (non-hydrogen) atoms. The summed E-state index contributed by atoms with van der Waals surface area (Å²) in [5.41, 5.74) is 0.205. The lowest BCUT2D eigenvalue weighted by Crippen LogP contribution is -2.47. The first-order valence-corrected chi connectivity index (χ1v) is 7.80. The molecule has 1 aliphatic rings. The first-order valence-electron chi connectivity index (χ1n) is 5.98. The van der Waals surface area contributed by atoms with Crippen molar-refractivity contribution < 1.29 is 8.42 Å². The average Bonchev–Trinajstić information content (AvgIpc) is 2.18. The number of hydrogen-bond donors (Lipinski definition) is 1. The maximum absolute atomic E-state index is 11.3. The molecule has 1 aliphatic heterocycles. The molecule has 0 spiro atoms. The number of sulfone groups is 1. The van der Waals surface area contributed by atoms with Crippen LogP contribution in [-0.4, -0.2) is 57.5 Å². The van der Waals surface area contributed by atoms with Crippen LogP contribution in [0.25, 0.3) is 0 Å². The van der Waals surface area contributed by atoms with Crippen LogP contribution in [0.3, 0.4) is 0 Å². The molecule has 0 radical (unpaired) electrons. The van der Waals surface area contributed by atoms with E-state index >= 15 is 0 Å². The molecular formula is C11H24N2O2S. The van der Waals surface area contributed by atoms with Crippen molar-refractivity contribution in [2.75, 3.05) is 44.2 Å². The van der Waals surface area contributed by atoms with E-state index in [0.29, 0.717) is 24.6 Å². The van der Waals surface area contributed by atoms with Crippen molar-refractivity contribution in [3.8, 4) is 0 Å². The van der Waals surface area contributed by atoms with E-state index in [-0.39, 0.29) is 5.41 Å². The lowest BCUT2D eigenvalue weighted by atomic mass is 9.92. The molecule has 1 rings (SSSR count). The first-order chi connectivity index (χ1) is 7.35. The zero-order valence-electron chi connectivity index (χ0n) is 10.6. The van der Waals surface area contributed by atoms with Crippen LogP contribution in [0.4, 0.5) is 0 Å². The molecule has 0 aromatic heterocycles. The van der Waals surface area contributed by atoms with Gasteiger partial charge in [0.05, 0.1) is 11.5 Å². The molecule has 1 N–H and O–H groups in total. The quantitative estimate of drug-likeness (QED) is 0.763. The van der Waals surface area contributed by atoms with Gasteiger partial charge in [-0.25, -0.2) is 8.42 Å². The van der Waals surface area contributed by atoms with Gasteiger partial charge in [0.1, 0.15) is 0 Å². The van der Waals surface area contributed by atoms with E-state index in [2.05, 4.69) is 31.0 Å². The third-order valence-corrected chi connectivity index (χ3v) is 4.55. The van der Waals surface area contributed by atoms with E-state index in [4.69, 9.17) is 0 Å². The van der Waals surface area contributed by atoms with E-state index in [1.165, 1.54) is 0 Å². The number of rotatable bonds is 5. The number of hydrogen-bond acceptors (Lipinski definition) is 4. The molecule has 0 unspecified atom stereocenters. The van der Waals surface area contributed by atoms with Crippen LogP contribution in [0.1, 0.15) is 20.8 Å². The highest BCUT2D eigenvalue weighted by Gasteiger charge is 2.26. The summed E-state index contributed by atoms with van der Waals surface area (Å²) >= 11 is 0. The Hall–Kier alpha value is -0.130. The van der Waals surface area contributed by atoms with Crippen LogP contribution in [0.2, 0.25) is 0 Å². The molecule has 1 fully saturated rings. The van der Waals surface area contributed by atoms with E-state index < -0.39 is 9.84 Å². The van der Waals surface area contributed by atoms with Crippen molar-refractivity contribution in [2.24, 2.45) is 5.41 Å². The summed E-state index contributed by atoms with van der Waals surface area (Å²) < 4.78 is 22.6. The van der Waals surface area contributed by atoms with Gasteiger partial charge in [0, 0.05) is 26.2 Å². The molecular weight excluding hydrogens is 224 g/mol. The van der Waals surface area contributed by atoms with Gasteiger partial charge in [-0.05, 0) is 12.0 Å². The van der Waals surface area contributed by atoms with Gasteiger partial charge in [0.25, 0.3) is 0 Å². The van der Waals surface area contributed by atoms with Crippen LogP contribution in [0, 0.1) is 5.41 Å². The highest BCUT2D eigenvalue weighted by molar-refractivity contribution is 7.91. The molecule has 0 atom stereocenters. The summed E-state index contributed by atoms with van der Waals surface area (Å²) in [6.07, 6.45) is 0. The Morgan fingerprint density at radius 2 is 1.81 bits per heavy atom. The predicted molar refractivity (Wildman–Crippen MR) is 67.4 cm³/mol. The van der Waals surface area contributed by atoms with Crippen molar-refractivity contribution in [1.82, 2.24) is 10.2 Å². The fourth-order valence-electron chi connectivity index (χ4n) is 2.03. The summed E-state index contributed by atoms with van der Waals surface area (Å²) in [7, 11) is -2.75. The summed E-state index contributed by atoms with van der Waals surface area (Å²) in [6, 6.07) is 0. The van der Waals surface area contributed by atoms with Crippen molar-refractivity contribution in [3.63, 3.8) is 0 Å². The number of nitrogens with one attached hydrogen (secondary N) is 1. The normalized spacial score (nSPS) is 22.2. The van der Waals surface area contributed by atoms with Gasteiger partial charge in [-0.1, -0.05) is 20.8 Å². The smallest absolute Gasteiger partial charge is 0.152 e. The average molecular weight is 248 g/mol. The largest absolute Gasteiger partial charge is 0.316 e. The second kappa shape index (κ2) is 5.47. The van der Waals surface area contributed by atoms with Crippen molar-refractivity contribution in [1.29, 1.82) is 0 Å². The Labute approximate surface area is 99.3 Å². The zero-order chi connectivity index (χ0) is 12.2. The van der Waals surface area contributed by atoms with Gasteiger partial charge in [-0.2, -0.15) is 0 Å². The standard InChI is InChI=1S/C11H24N2O2S/c1-4-12-9-11(2,3)10-13-5-7-16(14,15)8-6-13/h12H,4-10H2,1-3H3. The maximum Gasteiger partial charge on any atom is 0.152 e. The Kier molecular flexibility index (Phi) is 4.76. The monoisotopic (exact) mass is 248 g/mol. The van der Waals surface area contributed by atoms with Gasteiger partial charge in [0.2, 0.25) is 0 Å². The van der Waals surface area contributed by atoms with Crippen molar-refractivity contribution >= 4 is 9.84 Å².